The van der Waals surface area contributed by atoms with E-state index in [9.17, 15) is 4.79 Å². The molecule has 1 aliphatic rings. The second kappa shape index (κ2) is 2.56. The van der Waals surface area contributed by atoms with Gasteiger partial charge >= 0.3 is 5.97 Å². The Bertz CT molecular complexity index is 138. The van der Waals surface area contributed by atoms with Gasteiger partial charge < -0.3 is 10.2 Å². The van der Waals surface area contributed by atoms with Gasteiger partial charge in [0.05, 0.1) is 0 Å². The fourth-order valence-corrected chi connectivity index (χ4v) is 1.11. The molecule has 1 rings (SSSR count). The maximum Gasteiger partial charge on any atom is 0.320 e. The molecular formula is C6H11NO3. The number of rotatable bonds is 1. The number of hydrogen-bond donors (Lipinski definition) is 3. The van der Waals surface area contributed by atoms with E-state index in [1.807, 2.05) is 6.92 Å². The molecule has 3 N–H and O–H groups in total. The molecule has 0 spiro atoms. The van der Waals surface area contributed by atoms with Crippen LogP contribution < -0.4 is 5.32 Å². The van der Waals surface area contributed by atoms with Gasteiger partial charge in [-0.15, -0.1) is 0 Å². The summed E-state index contributed by atoms with van der Waals surface area (Å²) < 4.78 is 0. The van der Waals surface area contributed by atoms with Crippen molar-refractivity contribution in [1.29, 1.82) is 0 Å². The molecule has 4 heteroatoms. The van der Waals surface area contributed by atoms with Gasteiger partial charge in [-0.3, -0.25) is 10.1 Å². The van der Waals surface area contributed by atoms with Crippen LogP contribution in [0.25, 0.3) is 0 Å². The van der Waals surface area contributed by atoms with Gasteiger partial charge in [0.1, 0.15) is 12.3 Å². The van der Waals surface area contributed by atoms with Crippen LogP contribution in [0.4, 0.5) is 0 Å². The molecule has 0 aromatic carbocycles. The second-order valence-corrected chi connectivity index (χ2v) is 2.72. The molecular weight excluding hydrogens is 134 g/mol. The summed E-state index contributed by atoms with van der Waals surface area (Å²) >= 11 is 0. The number of aliphatic hydroxyl groups excluding tert-OH is 1. The van der Waals surface area contributed by atoms with Gasteiger partial charge in [-0.05, 0) is 12.3 Å². The van der Waals surface area contributed by atoms with E-state index in [1.165, 1.54) is 0 Å². The monoisotopic (exact) mass is 145 g/mol. The number of carboxylic acids is 1. The quantitative estimate of drug-likeness (QED) is 0.460. The van der Waals surface area contributed by atoms with Crippen molar-refractivity contribution >= 4 is 5.97 Å². The number of aliphatic hydroxyl groups is 1. The predicted molar refractivity (Wildman–Crippen MR) is 34.3 cm³/mol. The highest BCUT2D eigenvalue weighted by atomic mass is 16.4. The molecule has 3 atom stereocenters. The lowest BCUT2D eigenvalue weighted by Crippen LogP contribution is -2.35. The molecule has 0 aliphatic carbocycles. The summed E-state index contributed by atoms with van der Waals surface area (Å²) in [7, 11) is 0. The first-order valence-corrected chi connectivity index (χ1v) is 3.28. The van der Waals surface area contributed by atoms with Crippen molar-refractivity contribution in [3.05, 3.63) is 0 Å². The standard InChI is InChI=1S/C6H11NO3/c1-3-2-4(6(9)10)7-5(3)8/h3-5,7-8H,2H2,1H3,(H,9,10)/t3-,4-,5?/m0/s1. The zero-order chi connectivity index (χ0) is 7.72. The van der Waals surface area contributed by atoms with Crippen molar-refractivity contribution in [3.8, 4) is 0 Å². The number of hydrogen-bond acceptors (Lipinski definition) is 3. The molecule has 0 bridgehead atoms. The van der Waals surface area contributed by atoms with Crippen molar-refractivity contribution in [2.45, 2.75) is 25.6 Å². The zero-order valence-corrected chi connectivity index (χ0v) is 5.74. The number of carboxylic acid groups (broad SMARTS) is 1. The van der Waals surface area contributed by atoms with E-state index >= 15 is 0 Å². The largest absolute Gasteiger partial charge is 0.480 e. The Kier molecular flexibility index (Phi) is 1.92. The average Bonchev–Trinajstić information content (AvgIpc) is 2.13. The molecule has 1 saturated heterocycles. The Labute approximate surface area is 58.9 Å². The van der Waals surface area contributed by atoms with Gasteiger partial charge in [-0.25, -0.2) is 0 Å². The third-order valence-electron chi connectivity index (χ3n) is 1.82. The first-order chi connectivity index (χ1) is 4.61. The first kappa shape index (κ1) is 7.50. The third kappa shape index (κ3) is 1.27. The molecule has 4 nitrogen and oxygen atoms in total. The minimum absolute atomic E-state index is 0.0427. The number of aliphatic carboxylic acids is 1. The van der Waals surface area contributed by atoms with Crippen molar-refractivity contribution in [2.75, 3.05) is 0 Å². The summed E-state index contributed by atoms with van der Waals surface area (Å²) in [4.78, 5) is 10.3. The van der Waals surface area contributed by atoms with Crippen molar-refractivity contribution in [1.82, 2.24) is 5.32 Å². The lowest BCUT2D eigenvalue weighted by Gasteiger charge is -2.05. The molecule has 0 saturated carbocycles. The molecule has 1 unspecified atom stereocenters. The molecule has 0 aromatic heterocycles. The van der Waals surface area contributed by atoms with Crippen LogP contribution in [0.2, 0.25) is 0 Å². The highest BCUT2D eigenvalue weighted by Crippen LogP contribution is 2.17. The summed E-state index contributed by atoms with van der Waals surface area (Å²) in [5, 5.41) is 20.1. The van der Waals surface area contributed by atoms with Crippen LogP contribution in [0.1, 0.15) is 13.3 Å². The molecule has 0 radical (unpaired) electrons. The lowest BCUT2D eigenvalue weighted by molar-refractivity contribution is -0.139. The molecule has 0 amide bonds. The average molecular weight is 145 g/mol. The fourth-order valence-electron chi connectivity index (χ4n) is 1.11. The minimum atomic E-state index is -0.886. The topological polar surface area (TPSA) is 69.6 Å². The van der Waals surface area contributed by atoms with Crippen LogP contribution in [-0.2, 0) is 4.79 Å². The summed E-state index contributed by atoms with van der Waals surface area (Å²) in [6.07, 6.45) is -0.141. The molecule has 1 heterocycles. The van der Waals surface area contributed by atoms with E-state index in [-0.39, 0.29) is 5.92 Å². The Balaban J connectivity index is 2.49. The molecule has 10 heavy (non-hydrogen) atoms. The van der Waals surface area contributed by atoms with Gasteiger partial charge in [-0.2, -0.15) is 0 Å². The summed E-state index contributed by atoms with van der Waals surface area (Å²) in [5.74, 6) is -0.843. The highest BCUT2D eigenvalue weighted by molar-refractivity contribution is 5.73. The summed E-state index contributed by atoms with van der Waals surface area (Å²) in [6, 6.07) is -0.565. The van der Waals surface area contributed by atoms with Crippen LogP contribution >= 0.6 is 0 Å². The van der Waals surface area contributed by atoms with Gasteiger partial charge in [0, 0.05) is 0 Å². The highest BCUT2D eigenvalue weighted by Gasteiger charge is 2.32. The molecule has 58 valence electrons. The van der Waals surface area contributed by atoms with E-state index in [0.29, 0.717) is 6.42 Å². The van der Waals surface area contributed by atoms with E-state index < -0.39 is 18.2 Å². The van der Waals surface area contributed by atoms with E-state index in [2.05, 4.69) is 5.32 Å². The molecule has 1 fully saturated rings. The van der Waals surface area contributed by atoms with Crippen LogP contribution in [0.15, 0.2) is 0 Å². The normalized spacial score (nSPS) is 40.0. The van der Waals surface area contributed by atoms with E-state index in [1.54, 1.807) is 0 Å². The first-order valence-electron chi connectivity index (χ1n) is 3.28. The van der Waals surface area contributed by atoms with Gasteiger partial charge in [-0.1, -0.05) is 6.92 Å². The van der Waals surface area contributed by atoms with Gasteiger partial charge in [0.15, 0.2) is 0 Å². The van der Waals surface area contributed by atoms with Crippen molar-refractivity contribution in [2.24, 2.45) is 5.92 Å². The van der Waals surface area contributed by atoms with E-state index in [0.717, 1.165) is 0 Å². The van der Waals surface area contributed by atoms with E-state index in [4.69, 9.17) is 10.2 Å². The lowest BCUT2D eigenvalue weighted by atomic mass is 10.1. The minimum Gasteiger partial charge on any atom is -0.480 e. The molecule has 0 aromatic rings. The van der Waals surface area contributed by atoms with Gasteiger partial charge in [0.25, 0.3) is 0 Å². The number of nitrogens with one attached hydrogen (secondary N) is 1. The Morgan fingerprint density at radius 2 is 2.30 bits per heavy atom. The Hall–Kier alpha value is -0.610. The van der Waals surface area contributed by atoms with Crippen molar-refractivity contribution < 1.29 is 15.0 Å². The Morgan fingerprint density at radius 3 is 2.50 bits per heavy atom. The summed E-state index contributed by atoms with van der Waals surface area (Å²) in [6.45, 7) is 1.82. The van der Waals surface area contributed by atoms with Crippen LogP contribution in [0, 0.1) is 5.92 Å². The zero-order valence-electron chi connectivity index (χ0n) is 5.74. The van der Waals surface area contributed by atoms with Gasteiger partial charge in [0.2, 0.25) is 0 Å². The van der Waals surface area contributed by atoms with Crippen LogP contribution in [-0.4, -0.2) is 28.5 Å². The number of carbonyl (C=O) groups is 1. The fraction of sp³-hybridized carbons (Fsp3) is 0.833. The second-order valence-electron chi connectivity index (χ2n) is 2.72. The Morgan fingerprint density at radius 1 is 1.70 bits per heavy atom. The predicted octanol–water partition coefficient (Wildman–Crippen LogP) is -0.613. The maximum atomic E-state index is 10.3. The smallest absolute Gasteiger partial charge is 0.320 e. The van der Waals surface area contributed by atoms with Crippen molar-refractivity contribution in [3.63, 3.8) is 0 Å². The summed E-state index contributed by atoms with van der Waals surface area (Å²) in [5.41, 5.74) is 0. The van der Waals surface area contributed by atoms with Crippen LogP contribution in [0.3, 0.4) is 0 Å². The maximum absolute atomic E-state index is 10.3. The van der Waals surface area contributed by atoms with Crippen LogP contribution in [0.5, 0.6) is 0 Å². The SMILES string of the molecule is C[C@H]1C[C@@H](C(=O)O)NC1O. The third-order valence-corrected chi connectivity index (χ3v) is 1.82. The molecule has 1 aliphatic heterocycles.